The first-order valence-corrected chi connectivity index (χ1v) is 12.2. The van der Waals surface area contributed by atoms with E-state index in [-0.39, 0.29) is 12.1 Å². The van der Waals surface area contributed by atoms with E-state index in [1.165, 1.54) is 12.1 Å². The van der Waals surface area contributed by atoms with Gasteiger partial charge in [0, 0.05) is 28.1 Å². The fourth-order valence-corrected chi connectivity index (χ4v) is 4.89. The molecule has 0 spiro atoms. The van der Waals surface area contributed by atoms with E-state index in [9.17, 15) is 23.2 Å². The number of fused-ring (bicyclic) bond motifs is 3. The van der Waals surface area contributed by atoms with Gasteiger partial charge in [0.05, 0.1) is 33.7 Å². The van der Waals surface area contributed by atoms with Gasteiger partial charge in [-0.2, -0.15) is 18.3 Å². The molecule has 2 N–H and O–H groups in total. The van der Waals surface area contributed by atoms with Crippen molar-refractivity contribution in [2.45, 2.75) is 25.6 Å². The fraction of sp³-hybridized carbons (Fsp3) is 0.148. The molecule has 1 aromatic heterocycles. The van der Waals surface area contributed by atoms with Crippen molar-refractivity contribution in [2.75, 3.05) is 0 Å². The number of carbonyl (C=O) groups excluding carboxylic acids is 1. The summed E-state index contributed by atoms with van der Waals surface area (Å²) in [5.74, 6) is -0.547. The van der Waals surface area contributed by atoms with E-state index >= 15 is 0 Å². The maximum atomic E-state index is 13.5. The van der Waals surface area contributed by atoms with Crippen LogP contribution in [0.4, 0.5) is 13.2 Å². The topological polar surface area (TPSA) is 79.5 Å². The molecule has 194 valence electrons. The van der Waals surface area contributed by atoms with Crippen molar-refractivity contribution < 1.29 is 23.2 Å². The van der Waals surface area contributed by atoms with Gasteiger partial charge in [-0.25, -0.2) is 4.68 Å². The number of benzene rings is 3. The molecule has 38 heavy (non-hydrogen) atoms. The highest BCUT2D eigenvalue weighted by atomic mass is 35.5. The normalized spacial score (nSPS) is 14.6. The molecule has 1 amide bonds. The lowest BCUT2D eigenvalue weighted by molar-refractivity contribution is -0.137. The molecule has 0 bridgehead atoms. The van der Waals surface area contributed by atoms with Gasteiger partial charge in [-0.3, -0.25) is 4.79 Å². The number of rotatable bonds is 4. The summed E-state index contributed by atoms with van der Waals surface area (Å²) >= 11 is 12.7. The van der Waals surface area contributed by atoms with E-state index in [4.69, 9.17) is 23.2 Å². The van der Waals surface area contributed by atoms with Gasteiger partial charge in [-0.1, -0.05) is 58.7 Å². The molecule has 11 heteroatoms. The molecule has 5 rings (SSSR count). The quantitative estimate of drug-likeness (QED) is 0.207. The van der Waals surface area contributed by atoms with Crippen molar-refractivity contribution in [3.63, 3.8) is 0 Å². The van der Waals surface area contributed by atoms with E-state index in [1.54, 1.807) is 54.1 Å². The van der Waals surface area contributed by atoms with Crippen molar-refractivity contribution in [1.29, 1.82) is 0 Å². The Morgan fingerprint density at radius 3 is 2.45 bits per heavy atom. The summed E-state index contributed by atoms with van der Waals surface area (Å²) in [6, 6.07) is 16.1. The lowest BCUT2D eigenvalue weighted by atomic mass is 9.87. The Labute approximate surface area is 225 Å². The second-order valence-electron chi connectivity index (χ2n) is 8.77. The third-order valence-corrected chi connectivity index (χ3v) is 6.93. The average molecular weight is 559 g/mol. The van der Waals surface area contributed by atoms with Crippen LogP contribution in [-0.4, -0.2) is 26.6 Å². The van der Waals surface area contributed by atoms with Crippen LogP contribution in [0.3, 0.4) is 0 Å². The zero-order valence-corrected chi connectivity index (χ0v) is 21.2. The zero-order chi connectivity index (χ0) is 27.2. The van der Waals surface area contributed by atoms with Gasteiger partial charge in [0.15, 0.2) is 5.69 Å². The Bertz CT molecular complexity index is 1580. The van der Waals surface area contributed by atoms with Crippen LogP contribution in [0.15, 0.2) is 71.9 Å². The number of alkyl halides is 3. The Morgan fingerprint density at radius 1 is 1.08 bits per heavy atom. The SMILES string of the molecule is C[C@@H](NC(=O)c1nn(-c2ccccc2Cl)c2c1C/C(=N\O)c1cc(Cl)ccc1-2)c1ccc(C(F)(F)F)cc1. The number of carbonyl (C=O) groups is 1. The highest BCUT2D eigenvalue weighted by Gasteiger charge is 2.33. The summed E-state index contributed by atoms with van der Waals surface area (Å²) in [6.45, 7) is 1.66. The van der Waals surface area contributed by atoms with Gasteiger partial charge in [0.1, 0.15) is 0 Å². The molecule has 1 heterocycles. The van der Waals surface area contributed by atoms with E-state index < -0.39 is 23.7 Å². The molecule has 0 saturated heterocycles. The monoisotopic (exact) mass is 558 g/mol. The first kappa shape index (κ1) is 25.8. The molecule has 4 aromatic rings. The molecule has 0 aliphatic heterocycles. The summed E-state index contributed by atoms with van der Waals surface area (Å²) in [5, 5.41) is 21.4. The van der Waals surface area contributed by atoms with E-state index in [2.05, 4.69) is 15.6 Å². The average Bonchev–Trinajstić information content (AvgIpc) is 3.27. The van der Waals surface area contributed by atoms with Crippen molar-refractivity contribution in [1.82, 2.24) is 15.1 Å². The van der Waals surface area contributed by atoms with Gasteiger partial charge >= 0.3 is 6.18 Å². The van der Waals surface area contributed by atoms with Crippen LogP contribution >= 0.6 is 23.2 Å². The van der Waals surface area contributed by atoms with E-state index in [0.717, 1.165) is 12.1 Å². The van der Waals surface area contributed by atoms with Crippen molar-refractivity contribution in [3.8, 4) is 16.9 Å². The summed E-state index contributed by atoms with van der Waals surface area (Å²) in [6.07, 6.45) is -4.37. The third kappa shape index (κ3) is 4.63. The molecule has 1 aliphatic carbocycles. The Morgan fingerprint density at radius 2 is 1.79 bits per heavy atom. The van der Waals surface area contributed by atoms with Crippen LogP contribution in [0, 0.1) is 0 Å². The number of oxime groups is 1. The highest BCUT2D eigenvalue weighted by molar-refractivity contribution is 6.32. The molecule has 0 unspecified atom stereocenters. The molecular formula is C27H19Cl2F3N4O2. The number of hydrogen-bond acceptors (Lipinski definition) is 4. The predicted octanol–water partition coefficient (Wildman–Crippen LogP) is 7.09. The van der Waals surface area contributed by atoms with Gasteiger partial charge in [0.2, 0.25) is 0 Å². The molecule has 3 aromatic carbocycles. The molecule has 1 atom stereocenters. The summed E-state index contributed by atoms with van der Waals surface area (Å²) < 4.78 is 40.4. The summed E-state index contributed by atoms with van der Waals surface area (Å²) in [4.78, 5) is 13.5. The number of nitrogens with zero attached hydrogens (tertiary/aromatic N) is 3. The molecule has 0 saturated carbocycles. The molecular weight excluding hydrogens is 540 g/mol. The van der Waals surface area contributed by atoms with Gasteiger partial charge in [-0.05, 0) is 48.9 Å². The fourth-order valence-electron chi connectivity index (χ4n) is 4.50. The number of nitrogens with one attached hydrogen (secondary N) is 1. The van der Waals surface area contributed by atoms with Gasteiger partial charge < -0.3 is 10.5 Å². The van der Waals surface area contributed by atoms with Crippen LogP contribution in [0.1, 0.15) is 45.7 Å². The Balaban J connectivity index is 1.59. The van der Waals surface area contributed by atoms with Crippen LogP contribution < -0.4 is 5.32 Å². The van der Waals surface area contributed by atoms with Crippen molar-refractivity contribution in [3.05, 3.63) is 105 Å². The minimum absolute atomic E-state index is 0.0698. The number of para-hydroxylation sites is 1. The summed E-state index contributed by atoms with van der Waals surface area (Å²) in [5.41, 5.74) is 2.94. The highest BCUT2D eigenvalue weighted by Crippen LogP contribution is 2.39. The summed E-state index contributed by atoms with van der Waals surface area (Å²) in [7, 11) is 0. The maximum Gasteiger partial charge on any atom is 0.416 e. The third-order valence-electron chi connectivity index (χ3n) is 6.38. The standard InChI is InChI=1S/C27H19Cl2F3N4O2/c1-14(15-6-8-16(9-7-15)27(30,31)32)33-26(37)24-20-13-22(35-38)19-12-17(28)10-11-18(19)25(20)36(34-24)23-5-3-2-4-21(23)29/h2-12,14,38H,13H2,1H3,(H,33,37)/b35-22+/t14-/m1/s1. The smallest absolute Gasteiger partial charge is 0.411 e. The Kier molecular flexibility index (Phi) is 6.66. The molecule has 1 aliphatic rings. The first-order valence-electron chi connectivity index (χ1n) is 11.4. The van der Waals surface area contributed by atoms with Crippen molar-refractivity contribution >= 4 is 34.8 Å². The molecule has 0 radical (unpaired) electrons. The van der Waals surface area contributed by atoms with E-state index in [0.29, 0.717) is 49.4 Å². The predicted molar refractivity (Wildman–Crippen MR) is 138 cm³/mol. The van der Waals surface area contributed by atoms with Crippen molar-refractivity contribution in [2.24, 2.45) is 5.16 Å². The molecule has 0 fully saturated rings. The largest absolute Gasteiger partial charge is 0.416 e. The van der Waals surface area contributed by atoms with Crippen LogP contribution in [0.5, 0.6) is 0 Å². The van der Waals surface area contributed by atoms with Gasteiger partial charge in [0.25, 0.3) is 5.91 Å². The minimum Gasteiger partial charge on any atom is -0.411 e. The van der Waals surface area contributed by atoms with E-state index in [1.807, 2.05) is 0 Å². The second-order valence-corrected chi connectivity index (χ2v) is 9.61. The number of halogens is 5. The Hall–Kier alpha value is -3.82. The number of hydrogen-bond donors (Lipinski definition) is 2. The minimum atomic E-state index is -4.46. The lowest BCUT2D eigenvalue weighted by Gasteiger charge is -2.20. The van der Waals surface area contributed by atoms with Crippen LogP contribution in [0.2, 0.25) is 10.0 Å². The maximum absolute atomic E-state index is 13.5. The van der Waals surface area contributed by atoms with Gasteiger partial charge in [-0.15, -0.1) is 0 Å². The number of amides is 1. The van der Waals surface area contributed by atoms with Crippen LogP contribution in [-0.2, 0) is 12.6 Å². The lowest BCUT2D eigenvalue weighted by Crippen LogP contribution is -2.28. The zero-order valence-electron chi connectivity index (χ0n) is 19.7. The second kappa shape index (κ2) is 9.81. The number of aromatic nitrogens is 2. The first-order chi connectivity index (χ1) is 18.1. The van der Waals surface area contributed by atoms with Crippen LogP contribution in [0.25, 0.3) is 16.9 Å². The molecule has 6 nitrogen and oxygen atoms in total.